The minimum atomic E-state index is -3.45. The molecule has 0 aromatic heterocycles. The van der Waals surface area contributed by atoms with Crippen LogP contribution in [0.1, 0.15) is 38.5 Å². The lowest BCUT2D eigenvalue weighted by molar-refractivity contribution is 0.417. The summed E-state index contributed by atoms with van der Waals surface area (Å²) in [4.78, 5) is 0. The zero-order valence-electron chi connectivity index (χ0n) is 18.5. The number of anilines is 2. The van der Waals surface area contributed by atoms with E-state index in [1.807, 2.05) is 0 Å². The zero-order chi connectivity index (χ0) is 23.5. The lowest BCUT2D eigenvalue weighted by Gasteiger charge is -2.12. The second-order valence-corrected chi connectivity index (χ2v) is 11.0. The van der Waals surface area contributed by atoms with Gasteiger partial charge in [-0.25, -0.2) is 16.8 Å². The molecule has 8 nitrogen and oxygen atoms in total. The van der Waals surface area contributed by atoms with Gasteiger partial charge in [0, 0.05) is 0 Å². The average Bonchev–Trinajstić information content (AvgIpc) is 2.75. The number of para-hydroxylation sites is 4. The molecule has 0 radical (unpaired) electrons. The molecule has 10 heteroatoms. The molecule has 0 saturated heterocycles. The standard InChI is InChI=1S/C22H32N2O6S2/c1-29-21-15-9-7-13-19(21)23-31(25,26)17-11-5-3-4-6-12-18-32(27,28)24-20-14-8-10-16-22(20)30-2/h7-10,13-16,23-24H,3-6,11-12,17-18H2,1-2H3. The maximum Gasteiger partial charge on any atom is 0.232 e. The Hall–Kier alpha value is -2.46. The van der Waals surface area contributed by atoms with Crippen molar-refractivity contribution in [3.63, 3.8) is 0 Å². The summed E-state index contributed by atoms with van der Waals surface area (Å²) in [5.74, 6) is 1.02. The van der Waals surface area contributed by atoms with Gasteiger partial charge in [0.05, 0.1) is 37.1 Å². The SMILES string of the molecule is COc1ccccc1NS(=O)(=O)CCCCCCCCS(=O)(=O)Nc1ccccc1OC. The van der Waals surface area contributed by atoms with Gasteiger partial charge in [-0.05, 0) is 37.1 Å². The van der Waals surface area contributed by atoms with Crippen molar-refractivity contribution >= 4 is 31.4 Å². The van der Waals surface area contributed by atoms with Gasteiger partial charge in [0.15, 0.2) is 0 Å². The summed E-state index contributed by atoms with van der Waals surface area (Å²) >= 11 is 0. The van der Waals surface area contributed by atoms with Crippen LogP contribution in [-0.2, 0) is 20.0 Å². The summed E-state index contributed by atoms with van der Waals surface area (Å²) in [5, 5.41) is 0. The van der Waals surface area contributed by atoms with Gasteiger partial charge in [-0.15, -0.1) is 0 Å². The van der Waals surface area contributed by atoms with Crippen LogP contribution in [0, 0.1) is 0 Å². The lowest BCUT2D eigenvalue weighted by Crippen LogP contribution is -2.17. The van der Waals surface area contributed by atoms with Crippen LogP contribution in [0.3, 0.4) is 0 Å². The van der Waals surface area contributed by atoms with Crippen LogP contribution in [-0.4, -0.2) is 42.6 Å². The minimum absolute atomic E-state index is 0.0300. The second kappa shape index (κ2) is 12.5. The van der Waals surface area contributed by atoms with Gasteiger partial charge in [-0.2, -0.15) is 0 Å². The Balaban J connectivity index is 1.63. The number of unbranched alkanes of at least 4 members (excludes halogenated alkanes) is 5. The van der Waals surface area contributed by atoms with Crippen molar-refractivity contribution in [3.8, 4) is 11.5 Å². The minimum Gasteiger partial charge on any atom is -0.495 e. The molecule has 0 aliphatic rings. The first kappa shape index (κ1) is 25.8. The Kier molecular flexibility index (Phi) is 10.1. The third kappa shape index (κ3) is 8.96. The highest BCUT2D eigenvalue weighted by Crippen LogP contribution is 2.25. The van der Waals surface area contributed by atoms with Crippen LogP contribution in [0.4, 0.5) is 11.4 Å². The van der Waals surface area contributed by atoms with E-state index in [0.29, 0.717) is 35.7 Å². The van der Waals surface area contributed by atoms with Crippen LogP contribution >= 0.6 is 0 Å². The van der Waals surface area contributed by atoms with Crippen LogP contribution in [0.25, 0.3) is 0 Å². The summed E-state index contributed by atoms with van der Waals surface area (Å²) in [6.45, 7) is 0. The van der Waals surface area contributed by atoms with Gasteiger partial charge in [-0.1, -0.05) is 49.9 Å². The molecule has 0 aliphatic carbocycles. The van der Waals surface area contributed by atoms with Crippen LogP contribution < -0.4 is 18.9 Å². The summed E-state index contributed by atoms with van der Waals surface area (Å²) in [6.07, 6.45) is 4.31. The molecule has 2 aromatic carbocycles. The summed E-state index contributed by atoms with van der Waals surface area (Å²) in [5.41, 5.74) is 0.857. The maximum atomic E-state index is 12.3. The molecule has 178 valence electrons. The fourth-order valence-corrected chi connectivity index (χ4v) is 5.57. The Morgan fingerprint density at radius 2 is 0.938 bits per heavy atom. The molecular formula is C22H32N2O6S2. The van der Waals surface area contributed by atoms with Gasteiger partial charge in [0.2, 0.25) is 20.0 Å². The van der Waals surface area contributed by atoms with E-state index in [4.69, 9.17) is 9.47 Å². The first-order valence-electron chi connectivity index (χ1n) is 10.5. The van der Waals surface area contributed by atoms with E-state index in [2.05, 4.69) is 9.44 Å². The quantitative estimate of drug-likeness (QED) is 0.366. The molecule has 0 heterocycles. The van der Waals surface area contributed by atoms with E-state index < -0.39 is 20.0 Å². The number of sulfonamides is 2. The highest BCUT2D eigenvalue weighted by molar-refractivity contribution is 7.92. The highest BCUT2D eigenvalue weighted by Gasteiger charge is 2.14. The summed E-state index contributed by atoms with van der Waals surface area (Å²) < 4.78 is 64.5. The predicted octanol–water partition coefficient (Wildman–Crippen LogP) is 4.23. The fraction of sp³-hybridized carbons (Fsp3) is 0.455. The van der Waals surface area contributed by atoms with Crippen LogP contribution in [0.5, 0.6) is 11.5 Å². The Bertz CT molecular complexity index is 970. The molecule has 0 bridgehead atoms. The van der Waals surface area contributed by atoms with E-state index in [1.54, 1.807) is 48.5 Å². The number of nitrogens with one attached hydrogen (secondary N) is 2. The Morgan fingerprint density at radius 1 is 0.594 bits per heavy atom. The Labute approximate surface area is 191 Å². The summed E-state index contributed by atoms with van der Waals surface area (Å²) in [6, 6.07) is 13.7. The van der Waals surface area contributed by atoms with Crippen molar-refractivity contribution in [2.45, 2.75) is 38.5 Å². The molecule has 2 N–H and O–H groups in total. The Morgan fingerprint density at radius 3 is 1.31 bits per heavy atom. The number of ether oxygens (including phenoxy) is 2. The van der Waals surface area contributed by atoms with Crippen molar-refractivity contribution in [3.05, 3.63) is 48.5 Å². The molecule has 2 aromatic rings. The highest BCUT2D eigenvalue weighted by atomic mass is 32.2. The van der Waals surface area contributed by atoms with Crippen LogP contribution in [0.15, 0.2) is 48.5 Å². The van der Waals surface area contributed by atoms with Gasteiger partial charge in [0.1, 0.15) is 11.5 Å². The number of hydrogen-bond donors (Lipinski definition) is 2. The lowest BCUT2D eigenvalue weighted by atomic mass is 10.1. The number of methoxy groups -OCH3 is 2. The molecular weight excluding hydrogens is 452 g/mol. The maximum absolute atomic E-state index is 12.3. The first-order chi connectivity index (χ1) is 15.3. The molecule has 0 unspecified atom stereocenters. The van der Waals surface area contributed by atoms with Gasteiger partial charge < -0.3 is 9.47 Å². The van der Waals surface area contributed by atoms with E-state index in [0.717, 1.165) is 25.7 Å². The number of benzene rings is 2. The topological polar surface area (TPSA) is 111 Å². The molecule has 0 spiro atoms. The van der Waals surface area contributed by atoms with Gasteiger partial charge >= 0.3 is 0 Å². The molecule has 0 atom stereocenters. The molecule has 0 saturated carbocycles. The van der Waals surface area contributed by atoms with Crippen molar-refractivity contribution in [2.75, 3.05) is 35.2 Å². The van der Waals surface area contributed by atoms with E-state index >= 15 is 0 Å². The smallest absolute Gasteiger partial charge is 0.232 e. The van der Waals surface area contributed by atoms with E-state index in [-0.39, 0.29) is 11.5 Å². The summed E-state index contributed by atoms with van der Waals surface area (Å²) in [7, 11) is -3.91. The third-order valence-corrected chi connectivity index (χ3v) is 7.54. The normalized spacial score (nSPS) is 11.7. The molecule has 0 aliphatic heterocycles. The average molecular weight is 485 g/mol. The molecule has 0 fully saturated rings. The third-order valence-electron chi connectivity index (χ3n) is 4.82. The molecule has 32 heavy (non-hydrogen) atoms. The van der Waals surface area contributed by atoms with Crippen molar-refractivity contribution in [1.82, 2.24) is 0 Å². The molecule has 0 amide bonds. The van der Waals surface area contributed by atoms with Crippen LogP contribution in [0.2, 0.25) is 0 Å². The van der Waals surface area contributed by atoms with Crippen molar-refractivity contribution in [1.29, 1.82) is 0 Å². The number of rotatable bonds is 15. The fourth-order valence-electron chi connectivity index (χ4n) is 3.19. The second-order valence-electron chi connectivity index (χ2n) is 7.36. The zero-order valence-corrected chi connectivity index (χ0v) is 20.2. The largest absolute Gasteiger partial charge is 0.495 e. The van der Waals surface area contributed by atoms with E-state index in [9.17, 15) is 16.8 Å². The first-order valence-corrected chi connectivity index (χ1v) is 13.8. The number of hydrogen-bond acceptors (Lipinski definition) is 6. The van der Waals surface area contributed by atoms with Gasteiger partial charge in [-0.3, -0.25) is 9.44 Å². The van der Waals surface area contributed by atoms with Crippen molar-refractivity contribution in [2.24, 2.45) is 0 Å². The van der Waals surface area contributed by atoms with E-state index in [1.165, 1.54) is 14.2 Å². The molecule has 2 rings (SSSR count). The van der Waals surface area contributed by atoms with Gasteiger partial charge in [0.25, 0.3) is 0 Å². The predicted molar refractivity (Wildman–Crippen MR) is 129 cm³/mol. The monoisotopic (exact) mass is 484 g/mol. The van der Waals surface area contributed by atoms with Crippen molar-refractivity contribution < 1.29 is 26.3 Å².